The van der Waals surface area contributed by atoms with Crippen LogP contribution < -0.4 is 15.4 Å². The largest absolute Gasteiger partial charge is 0.461 e. The van der Waals surface area contributed by atoms with Crippen molar-refractivity contribution in [1.29, 1.82) is 0 Å². The van der Waals surface area contributed by atoms with Crippen LogP contribution in [0.1, 0.15) is 25.8 Å². The molecule has 0 bridgehead atoms. The SMILES string of the molecule is CC(F)Oc1ccc(Nc2ncc3nc(Nc4c(F)cc(F)cc4F)n(C4CCOCC4)c3n2)cc1. The maximum atomic E-state index is 14.4. The Bertz CT molecular complexity index is 1350. The van der Waals surface area contributed by atoms with Crippen LogP contribution in [0.2, 0.25) is 0 Å². The quantitative estimate of drug-likeness (QED) is 0.310. The van der Waals surface area contributed by atoms with E-state index >= 15 is 0 Å². The highest BCUT2D eigenvalue weighted by atomic mass is 19.2. The number of alkyl halides is 1. The Morgan fingerprint density at radius 3 is 2.39 bits per heavy atom. The summed E-state index contributed by atoms with van der Waals surface area (Å²) in [5, 5.41) is 5.75. The third-order valence-corrected chi connectivity index (χ3v) is 5.64. The number of fused-ring (bicyclic) bond motifs is 1. The van der Waals surface area contributed by atoms with Crippen LogP contribution in [-0.4, -0.2) is 39.1 Å². The first-order valence-electron chi connectivity index (χ1n) is 11.3. The second-order valence-corrected chi connectivity index (χ2v) is 8.23. The molecule has 36 heavy (non-hydrogen) atoms. The minimum atomic E-state index is -1.43. The monoisotopic (exact) mass is 502 g/mol. The Hall–Kier alpha value is -3.93. The van der Waals surface area contributed by atoms with E-state index in [-0.39, 0.29) is 17.9 Å². The van der Waals surface area contributed by atoms with E-state index in [2.05, 4.69) is 25.6 Å². The van der Waals surface area contributed by atoms with Gasteiger partial charge < -0.3 is 20.1 Å². The molecule has 5 rings (SSSR count). The Morgan fingerprint density at radius 2 is 1.72 bits per heavy atom. The number of halogens is 4. The number of anilines is 4. The summed E-state index contributed by atoms with van der Waals surface area (Å²) in [6.07, 6.45) is 1.33. The molecule has 0 aliphatic carbocycles. The zero-order valence-corrected chi connectivity index (χ0v) is 19.1. The van der Waals surface area contributed by atoms with E-state index in [0.717, 1.165) is 0 Å². The van der Waals surface area contributed by atoms with Gasteiger partial charge >= 0.3 is 0 Å². The zero-order chi connectivity index (χ0) is 25.2. The van der Waals surface area contributed by atoms with Crippen LogP contribution in [0, 0.1) is 17.5 Å². The molecule has 4 aromatic rings. The van der Waals surface area contributed by atoms with Gasteiger partial charge in [0.2, 0.25) is 18.3 Å². The van der Waals surface area contributed by atoms with Gasteiger partial charge in [0.15, 0.2) is 17.3 Å². The zero-order valence-electron chi connectivity index (χ0n) is 19.1. The fourth-order valence-corrected chi connectivity index (χ4v) is 4.04. The van der Waals surface area contributed by atoms with Crippen molar-refractivity contribution in [2.75, 3.05) is 23.8 Å². The number of nitrogens with one attached hydrogen (secondary N) is 2. The molecular formula is C24H22F4N6O2. The number of nitrogens with zero attached hydrogens (tertiary/aromatic N) is 4. The van der Waals surface area contributed by atoms with Gasteiger partial charge in [0.1, 0.15) is 22.8 Å². The lowest BCUT2D eigenvalue weighted by molar-refractivity contribution is 0.0710. The lowest BCUT2D eigenvalue weighted by Crippen LogP contribution is -2.21. The second kappa shape index (κ2) is 9.97. The number of hydrogen-bond donors (Lipinski definition) is 2. The van der Waals surface area contributed by atoms with E-state index < -0.39 is 29.5 Å². The number of benzene rings is 2. The standard InChI is InChI=1S/C24H22F4N6O2/c1-13(25)36-17-4-2-15(3-5-17)30-23-29-12-20-22(33-23)34(16-6-8-35-9-7-16)24(31-20)32-21-18(27)10-14(26)11-19(21)28/h2-5,10-13,16H,6-9H2,1H3,(H,31,32)(H,29,30,33). The van der Waals surface area contributed by atoms with Crippen molar-refractivity contribution in [3.8, 4) is 5.75 Å². The van der Waals surface area contributed by atoms with E-state index in [0.29, 0.717) is 60.8 Å². The summed E-state index contributed by atoms with van der Waals surface area (Å²) in [4.78, 5) is 13.3. The lowest BCUT2D eigenvalue weighted by Gasteiger charge is -2.25. The summed E-state index contributed by atoms with van der Waals surface area (Å²) in [5.74, 6) is -2.40. The van der Waals surface area contributed by atoms with Gasteiger partial charge in [-0.3, -0.25) is 4.57 Å². The van der Waals surface area contributed by atoms with Crippen molar-refractivity contribution in [3.63, 3.8) is 0 Å². The molecule has 1 atom stereocenters. The van der Waals surface area contributed by atoms with Crippen LogP contribution in [0.25, 0.3) is 11.2 Å². The number of ether oxygens (including phenoxy) is 2. The molecule has 188 valence electrons. The summed E-state index contributed by atoms with van der Waals surface area (Å²) < 4.78 is 67.4. The summed E-state index contributed by atoms with van der Waals surface area (Å²) in [5.41, 5.74) is 0.963. The molecule has 1 aliphatic heterocycles. The maximum Gasteiger partial charge on any atom is 0.235 e. The normalized spacial score (nSPS) is 15.1. The minimum absolute atomic E-state index is 0.111. The molecule has 0 radical (unpaired) electrons. The highest BCUT2D eigenvalue weighted by Gasteiger charge is 2.25. The molecule has 3 heterocycles. The Kier molecular flexibility index (Phi) is 6.59. The van der Waals surface area contributed by atoms with Gasteiger partial charge in [-0.1, -0.05) is 0 Å². The number of hydrogen-bond acceptors (Lipinski definition) is 7. The van der Waals surface area contributed by atoms with Crippen LogP contribution in [-0.2, 0) is 4.74 Å². The summed E-state index contributed by atoms with van der Waals surface area (Å²) in [6.45, 7) is 2.30. The van der Waals surface area contributed by atoms with Crippen LogP contribution in [0.4, 0.5) is 40.8 Å². The fourth-order valence-electron chi connectivity index (χ4n) is 4.04. The van der Waals surface area contributed by atoms with Crippen molar-refractivity contribution >= 4 is 34.4 Å². The van der Waals surface area contributed by atoms with E-state index in [1.807, 2.05) is 0 Å². The smallest absolute Gasteiger partial charge is 0.235 e. The topological polar surface area (TPSA) is 86.1 Å². The van der Waals surface area contributed by atoms with Crippen LogP contribution in [0.5, 0.6) is 5.75 Å². The second-order valence-electron chi connectivity index (χ2n) is 8.23. The van der Waals surface area contributed by atoms with Gasteiger partial charge in [0.25, 0.3) is 0 Å². The highest BCUT2D eigenvalue weighted by Crippen LogP contribution is 2.33. The molecule has 2 aromatic carbocycles. The van der Waals surface area contributed by atoms with Crippen molar-refractivity contribution in [3.05, 3.63) is 60.0 Å². The van der Waals surface area contributed by atoms with Crippen LogP contribution in [0.3, 0.4) is 0 Å². The van der Waals surface area contributed by atoms with Gasteiger partial charge in [-0.2, -0.15) is 4.98 Å². The molecule has 2 N–H and O–H groups in total. The van der Waals surface area contributed by atoms with Crippen molar-refractivity contribution in [1.82, 2.24) is 19.5 Å². The van der Waals surface area contributed by atoms with E-state index in [1.54, 1.807) is 28.8 Å². The molecule has 0 saturated carbocycles. The van der Waals surface area contributed by atoms with Gasteiger partial charge in [0, 0.05) is 44.0 Å². The van der Waals surface area contributed by atoms with Crippen molar-refractivity contribution < 1.29 is 27.0 Å². The molecular weight excluding hydrogens is 480 g/mol. The van der Waals surface area contributed by atoms with Gasteiger partial charge in [-0.25, -0.2) is 27.5 Å². The predicted octanol–water partition coefficient (Wildman–Crippen LogP) is 5.78. The third-order valence-electron chi connectivity index (χ3n) is 5.64. The van der Waals surface area contributed by atoms with E-state index in [1.165, 1.54) is 13.1 Å². The summed E-state index contributed by atoms with van der Waals surface area (Å²) >= 11 is 0. The van der Waals surface area contributed by atoms with Crippen LogP contribution >= 0.6 is 0 Å². The fraction of sp³-hybridized carbons (Fsp3) is 0.292. The Morgan fingerprint density at radius 1 is 1.03 bits per heavy atom. The number of aromatic nitrogens is 4. The first-order valence-corrected chi connectivity index (χ1v) is 11.3. The van der Waals surface area contributed by atoms with Gasteiger partial charge in [-0.05, 0) is 37.1 Å². The van der Waals surface area contributed by atoms with Crippen molar-refractivity contribution in [2.24, 2.45) is 0 Å². The highest BCUT2D eigenvalue weighted by molar-refractivity contribution is 5.77. The first kappa shape index (κ1) is 23.8. The minimum Gasteiger partial charge on any atom is -0.461 e. The molecule has 1 aliphatic rings. The predicted molar refractivity (Wildman–Crippen MR) is 125 cm³/mol. The molecule has 2 aromatic heterocycles. The molecule has 0 amide bonds. The van der Waals surface area contributed by atoms with Crippen LogP contribution in [0.15, 0.2) is 42.6 Å². The summed E-state index contributed by atoms with van der Waals surface area (Å²) in [6, 6.07) is 7.68. The maximum absolute atomic E-state index is 14.4. The molecule has 12 heteroatoms. The van der Waals surface area contributed by atoms with Gasteiger partial charge in [0.05, 0.1) is 6.20 Å². The Balaban J connectivity index is 1.50. The van der Waals surface area contributed by atoms with Crippen molar-refractivity contribution in [2.45, 2.75) is 32.2 Å². The van der Waals surface area contributed by atoms with E-state index in [4.69, 9.17) is 9.47 Å². The van der Waals surface area contributed by atoms with Gasteiger partial charge in [-0.15, -0.1) is 0 Å². The average Bonchev–Trinajstić information content (AvgIpc) is 3.20. The molecule has 1 unspecified atom stereocenters. The lowest BCUT2D eigenvalue weighted by atomic mass is 10.1. The summed E-state index contributed by atoms with van der Waals surface area (Å²) in [7, 11) is 0. The molecule has 1 fully saturated rings. The molecule has 0 spiro atoms. The average molecular weight is 502 g/mol. The molecule has 1 saturated heterocycles. The first-order chi connectivity index (χ1) is 17.4. The number of rotatable bonds is 7. The molecule has 8 nitrogen and oxygen atoms in total. The third kappa shape index (κ3) is 5.03. The number of imidazole rings is 1. The Labute approximate surface area is 203 Å². The van der Waals surface area contributed by atoms with E-state index in [9.17, 15) is 17.6 Å².